The zero-order chi connectivity index (χ0) is 28.4. The Morgan fingerprint density at radius 3 is 2.18 bits per heavy atom. The summed E-state index contributed by atoms with van der Waals surface area (Å²) in [5, 5.41) is 20.2. The lowest BCUT2D eigenvalue weighted by atomic mass is 10.0. The minimum atomic E-state index is -0.782. The molecule has 10 nitrogen and oxygen atoms in total. The van der Waals surface area contributed by atoms with Gasteiger partial charge in [0.25, 0.3) is 0 Å². The summed E-state index contributed by atoms with van der Waals surface area (Å²) in [5.74, 6) is -3.82. The number of rotatable bonds is 12. The predicted molar refractivity (Wildman–Crippen MR) is 136 cm³/mol. The van der Waals surface area contributed by atoms with Crippen molar-refractivity contribution >= 4 is 23.9 Å². The molecule has 0 aliphatic carbocycles. The molecular formula is C28H30O10. The number of carbonyl (C=O) groups is 4. The molecule has 0 bridgehead atoms. The molecule has 0 amide bonds. The molecule has 0 aliphatic rings. The lowest BCUT2D eigenvalue weighted by molar-refractivity contribution is -0.134. The average Bonchev–Trinajstić information content (AvgIpc) is 2.85. The van der Waals surface area contributed by atoms with Crippen LogP contribution in [-0.2, 0) is 25.5 Å². The van der Waals surface area contributed by atoms with Crippen LogP contribution < -0.4 is 14.2 Å². The fraction of sp³-hybridized carbons (Fsp3) is 0.286. The molecule has 202 valence electrons. The molecule has 0 aliphatic heterocycles. The van der Waals surface area contributed by atoms with E-state index in [2.05, 4.69) is 13.2 Å². The fourth-order valence-electron chi connectivity index (χ4n) is 3.01. The maximum absolute atomic E-state index is 12.5. The van der Waals surface area contributed by atoms with Gasteiger partial charge in [0.05, 0.1) is 6.61 Å². The predicted octanol–water partition coefficient (Wildman–Crippen LogP) is 4.56. The Morgan fingerprint density at radius 2 is 1.55 bits per heavy atom. The van der Waals surface area contributed by atoms with Gasteiger partial charge in [-0.25, -0.2) is 14.4 Å². The Morgan fingerprint density at radius 1 is 0.895 bits per heavy atom. The molecule has 0 saturated heterocycles. The van der Waals surface area contributed by atoms with Crippen molar-refractivity contribution in [3.63, 3.8) is 0 Å². The highest BCUT2D eigenvalue weighted by molar-refractivity contribution is 5.96. The molecule has 38 heavy (non-hydrogen) atoms. The Balaban J connectivity index is 2.17. The number of carbonyl (C=O) groups excluding carboxylic acids is 4. The highest BCUT2D eigenvalue weighted by Gasteiger charge is 2.23. The minimum Gasteiger partial charge on any atom is -0.508 e. The minimum absolute atomic E-state index is 0.0461. The van der Waals surface area contributed by atoms with Gasteiger partial charge in [-0.3, -0.25) is 4.79 Å². The van der Waals surface area contributed by atoms with Crippen LogP contribution in [0.3, 0.4) is 0 Å². The molecule has 0 atom stereocenters. The quantitative estimate of drug-likeness (QED) is 0.229. The van der Waals surface area contributed by atoms with E-state index in [0.717, 1.165) is 6.07 Å². The molecule has 0 spiro atoms. The lowest BCUT2D eigenvalue weighted by Gasteiger charge is -2.15. The van der Waals surface area contributed by atoms with Crippen LogP contribution in [-0.4, -0.2) is 40.7 Å². The highest BCUT2D eigenvalue weighted by Crippen LogP contribution is 2.33. The van der Waals surface area contributed by atoms with Gasteiger partial charge in [0.2, 0.25) is 0 Å². The third-order valence-electron chi connectivity index (χ3n) is 4.89. The SMILES string of the molecule is C=C(C)C(=O)Oc1ccc(O)c(OC(=O)CCCc2cc(O)cc(C(=O)OCCC)c2OC(=O)C(=C)C)c1. The normalized spacial score (nSPS) is 10.3. The Kier molecular flexibility index (Phi) is 10.6. The smallest absolute Gasteiger partial charge is 0.342 e. The van der Waals surface area contributed by atoms with Gasteiger partial charge < -0.3 is 29.2 Å². The summed E-state index contributed by atoms with van der Waals surface area (Å²) in [7, 11) is 0. The van der Waals surface area contributed by atoms with E-state index in [4.69, 9.17) is 18.9 Å². The molecule has 0 unspecified atom stereocenters. The Bertz CT molecular complexity index is 1260. The molecule has 0 heterocycles. The zero-order valence-electron chi connectivity index (χ0n) is 21.5. The van der Waals surface area contributed by atoms with E-state index in [-0.39, 0.29) is 76.9 Å². The van der Waals surface area contributed by atoms with Crippen LogP contribution in [0, 0.1) is 0 Å². The van der Waals surface area contributed by atoms with Crippen molar-refractivity contribution in [1.82, 2.24) is 0 Å². The first kappa shape index (κ1) is 29.6. The second kappa shape index (κ2) is 13.6. The van der Waals surface area contributed by atoms with Crippen molar-refractivity contribution in [1.29, 1.82) is 0 Å². The molecule has 2 aromatic carbocycles. The summed E-state index contributed by atoms with van der Waals surface area (Å²) < 4.78 is 20.8. The molecule has 2 N–H and O–H groups in total. The van der Waals surface area contributed by atoms with Gasteiger partial charge >= 0.3 is 23.9 Å². The van der Waals surface area contributed by atoms with Crippen LogP contribution in [0.1, 0.15) is 56.0 Å². The average molecular weight is 527 g/mol. The van der Waals surface area contributed by atoms with Crippen molar-refractivity contribution in [3.8, 4) is 28.7 Å². The van der Waals surface area contributed by atoms with E-state index in [1.807, 2.05) is 6.92 Å². The van der Waals surface area contributed by atoms with E-state index < -0.39 is 23.9 Å². The summed E-state index contributed by atoms with van der Waals surface area (Å²) >= 11 is 0. The molecule has 0 saturated carbocycles. The van der Waals surface area contributed by atoms with Crippen LogP contribution in [0.25, 0.3) is 0 Å². The first-order valence-electron chi connectivity index (χ1n) is 11.7. The Hall–Kier alpha value is -4.60. The van der Waals surface area contributed by atoms with E-state index in [9.17, 15) is 29.4 Å². The number of phenolic OH excluding ortho intramolecular Hbond substituents is 2. The number of phenols is 2. The monoisotopic (exact) mass is 526 g/mol. The first-order valence-corrected chi connectivity index (χ1v) is 11.7. The third-order valence-corrected chi connectivity index (χ3v) is 4.89. The number of hydrogen-bond donors (Lipinski definition) is 2. The van der Waals surface area contributed by atoms with Crippen molar-refractivity contribution in [2.45, 2.75) is 46.5 Å². The van der Waals surface area contributed by atoms with Crippen molar-refractivity contribution < 1.29 is 48.3 Å². The molecule has 10 heteroatoms. The van der Waals surface area contributed by atoms with E-state index >= 15 is 0 Å². The number of hydrogen-bond acceptors (Lipinski definition) is 10. The maximum Gasteiger partial charge on any atom is 0.342 e. The van der Waals surface area contributed by atoms with Gasteiger partial charge in [-0.05, 0) is 62.9 Å². The first-order chi connectivity index (χ1) is 17.9. The molecular weight excluding hydrogens is 496 g/mol. The van der Waals surface area contributed by atoms with Crippen LogP contribution >= 0.6 is 0 Å². The zero-order valence-corrected chi connectivity index (χ0v) is 21.5. The molecule has 0 fully saturated rings. The fourth-order valence-corrected chi connectivity index (χ4v) is 3.01. The standard InChI is InChI=1S/C28H30O10/c1-6-12-35-28(34)21-14-19(29)13-18(25(21)38-27(33)17(4)5)8-7-9-24(31)37-23-15-20(10-11-22(23)30)36-26(32)16(2)3/h10-11,13-15,29-30H,2,4,6-9,12H2,1,3,5H3. The molecule has 2 rings (SSSR count). The van der Waals surface area contributed by atoms with Gasteiger partial charge in [0, 0.05) is 23.6 Å². The van der Waals surface area contributed by atoms with Crippen LogP contribution in [0.4, 0.5) is 0 Å². The van der Waals surface area contributed by atoms with Crippen molar-refractivity contribution in [2.75, 3.05) is 6.61 Å². The van der Waals surface area contributed by atoms with E-state index in [1.165, 1.54) is 38.1 Å². The van der Waals surface area contributed by atoms with E-state index in [1.54, 1.807) is 0 Å². The van der Waals surface area contributed by atoms with Gasteiger partial charge in [-0.1, -0.05) is 20.1 Å². The maximum atomic E-state index is 12.5. The van der Waals surface area contributed by atoms with Gasteiger partial charge in [-0.15, -0.1) is 0 Å². The molecule has 0 aromatic heterocycles. The third kappa shape index (κ3) is 8.51. The molecule has 0 radical (unpaired) electrons. The number of aromatic hydroxyl groups is 2. The number of ether oxygens (including phenoxy) is 4. The topological polar surface area (TPSA) is 146 Å². The van der Waals surface area contributed by atoms with Gasteiger partial charge in [0.15, 0.2) is 11.5 Å². The summed E-state index contributed by atoms with van der Waals surface area (Å²) in [5.41, 5.74) is 0.402. The number of benzene rings is 2. The molecule has 2 aromatic rings. The summed E-state index contributed by atoms with van der Waals surface area (Å²) in [6.45, 7) is 11.9. The lowest BCUT2D eigenvalue weighted by Crippen LogP contribution is -2.15. The second-order valence-electron chi connectivity index (χ2n) is 8.41. The second-order valence-corrected chi connectivity index (χ2v) is 8.41. The largest absolute Gasteiger partial charge is 0.508 e. The van der Waals surface area contributed by atoms with Gasteiger partial charge in [-0.2, -0.15) is 0 Å². The number of esters is 4. The van der Waals surface area contributed by atoms with Crippen molar-refractivity contribution in [3.05, 3.63) is 65.8 Å². The highest BCUT2D eigenvalue weighted by atomic mass is 16.6. The van der Waals surface area contributed by atoms with E-state index in [0.29, 0.717) is 6.42 Å². The Labute approximate surface area is 220 Å². The van der Waals surface area contributed by atoms with Crippen LogP contribution in [0.2, 0.25) is 0 Å². The number of aryl methyl sites for hydroxylation is 1. The summed E-state index contributed by atoms with van der Waals surface area (Å²) in [6, 6.07) is 6.16. The summed E-state index contributed by atoms with van der Waals surface area (Å²) in [6.07, 6.45) is 0.691. The van der Waals surface area contributed by atoms with Gasteiger partial charge in [0.1, 0.15) is 22.8 Å². The van der Waals surface area contributed by atoms with Crippen molar-refractivity contribution in [2.24, 2.45) is 0 Å². The summed E-state index contributed by atoms with van der Waals surface area (Å²) in [4.78, 5) is 48.9. The van der Waals surface area contributed by atoms with Crippen LogP contribution in [0.15, 0.2) is 54.6 Å². The van der Waals surface area contributed by atoms with Crippen LogP contribution in [0.5, 0.6) is 28.7 Å².